The van der Waals surface area contributed by atoms with E-state index in [1.54, 1.807) is 0 Å². The molecule has 0 unspecified atom stereocenters. The Balaban J connectivity index is 1.35. The SMILES string of the molecule is c1ccc(-n2c3ccccc3c3cc(N(c4ccc5ccccc5c4)c4cccc5oc6ccccc6c45)ccc32)cc1. The number of benzene rings is 7. The third kappa shape index (κ3) is 3.68. The fourth-order valence-corrected chi connectivity index (χ4v) is 6.64. The topological polar surface area (TPSA) is 21.3 Å². The molecule has 0 aliphatic carbocycles. The van der Waals surface area contributed by atoms with Gasteiger partial charge < -0.3 is 13.9 Å². The maximum atomic E-state index is 6.34. The van der Waals surface area contributed by atoms with Crippen molar-refractivity contribution in [2.75, 3.05) is 4.90 Å². The summed E-state index contributed by atoms with van der Waals surface area (Å²) in [6.45, 7) is 0. The van der Waals surface area contributed by atoms with Gasteiger partial charge in [-0.2, -0.15) is 0 Å². The second-order valence-corrected chi connectivity index (χ2v) is 11.0. The summed E-state index contributed by atoms with van der Waals surface area (Å²) in [6, 6.07) is 56.1. The van der Waals surface area contributed by atoms with Gasteiger partial charge in [0.05, 0.1) is 22.1 Å². The van der Waals surface area contributed by atoms with E-state index in [1.807, 2.05) is 12.1 Å². The van der Waals surface area contributed by atoms with Crippen LogP contribution in [0.3, 0.4) is 0 Å². The quantitative estimate of drug-likeness (QED) is 0.217. The minimum atomic E-state index is 0.881. The normalized spacial score (nSPS) is 11.7. The standard InChI is InChI=1S/C40H26N2O/c1-2-13-29(14-3-1)42-35-17-8-6-15-32(35)34-26-31(23-24-36(34)42)41(30-22-21-27-11-4-5-12-28(27)25-30)37-18-10-20-39-40(37)33-16-7-9-19-38(33)43-39/h1-26H. The van der Waals surface area contributed by atoms with Crippen molar-refractivity contribution >= 4 is 71.6 Å². The highest BCUT2D eigenvalue weighted by molar-refractivity contribution is 6.15. The number of fused-ring (bicyclic) bond motifs is 7. The Kier molecular flexibility index (Phi) is 5.20. The molecule has 0 saturated carbocycles. The maximum absolute atomic E-state index is 6.34. The molecule has 202 valence electrons. The van der Waals surface area contributed by atoms with Gasteiger partial charge in [-0.05, 0) is 77.5 Å². The summed E-state index contributed by atoms with van der Waals surface area (Å²) in [7, 11) is 0. The van der Waals surface area contributed by atoms with E-state index in [1.165, 1.54) is 32.6 Å². The van der Waals surface area contributed by atoms with Crippen LogP contribution in [0.25, 0.3) is 60.2 Å². The highest BCUT2D eigenvalue weighted by atomic mass is 16.3. The molecule has 0 atom stereocenters. The minimum Gasteiger partial charge on any atom is -0.456 e. The zero-order valence-electron chi connectivity index (χ0n) is 23.3. The van der Waals surface area contributed by atoms with Crippen molar-refractivity contribution in [1.82, 2.24) is 4.57 Å². The lowest BCUT2D eigenvalue weighted by Crippen LogP contribution is -2.10. The van der Waals surface area contributed by atoms with Gasteiger partial charge in [0.1, 0.15) is 11.2 Å². The molecule has 0 aliphatic heterocycles. The molecule has 9 rings (SSSR count). The number of para-hydroxylation sites is 3. The van der Waals surface area contributed by atoms with E-state index in [0.717, 1.165) is 44.7 Å². The van der Waals surface area contributed by atoms with Gasteiger partial charge in [-0.3, -0.25) is 0 Å². The van der Waals surface area contributed by atoms with E-state index in [0.29, 0.717) is 0 Å². The van der Waals surface area contributed by atoms with Crippen LogP contribution in [0.15, 0.2) is 162 Å². The number of aromatic nitrogens is 1. The maximum Gasteiger partial charge on any atom is 0.137 e. The van der Waals surface area contributed by atoms with Gasteiger partial charge in [0.15, 0.2) is 0 Å². The number of nitrogens with zero attached hydrogens (tertiary/aromatic N) is 2. The number of rotatable bonds is 4. The zero-order chi connectivity index (χ0) is 28.3. The Morgan fingerprint density at radius 3 is 2.02 bits per heavy atom. The molecule has 2 aromatic heterocycles. The molecule has 0 aliphatic rings. The van der Waals surface area contributed by atoms with Gasteiger partial charge in [0, 0.05) is 33.2 Å². The molecule has 0 fully saturated rings. The van der Waals surface area contributed by atoms with E-state index in [-0.39, 0.29) is 0 Å². The molecule has 3 nitrogen and oxygen atoms in total. The average molecular weight is 551 g/mol. The van der Waals surface area contributed by atoms with Crippen molar-refractivity contribution in [2.24, 2.45) is 0 Å². The Morgan fingerprint density at radius 2 is 1.12 bits per heavy atom. The molecular formula is C40H26N2O. The lowest BCUT2D eigenvalue weighted by atomic mass is 10.0. The molecule has 0 amide bonds. The zero-order valence-corrected chi connectivity index (χ0v) is 23.3. The number of hydrogen-bond acceptors (Lipinski definition) is 2. The molecule has 0 bridgehead atoms. The van der Waals surface area contributed by atoms with E-state index in [9.17, 15) is 0 Å². The fourth-order valence-electron chi connectivity index (χ4n) is 6.64. The summed E-state index contributed by atoms with van der Waals surface area (Å²) in [5, 5.41) is 7.09. The first-order valence-corrected chi connectivity index (χ1v) is 14.6. The average Bonchev–Trinajstić information content (AvgIpc) is 3.61. The predicted molar refractivity (Wildman–Crippen MR) is 180 cm³/mol. The monoisotopic (exact) mass is 550 g/mol. The minimum absolute atomic E-state index is 0.881. The first-order chi connectivity index (χ1) is 21.3. The highest BCUT2D eigenvalue weighted by Crippen LogP contribution is 2.45. The van der Waals surface area contributed by atoms with Crippen LogP contribution < -0.4 is 4.90 Å². The van der Waals surface area contributed by atoms with E-state index < -0.39 is 0 Å². The highest BCUT2D eigenvalue weighted by Gasteiger charge is 2.21. The molecular weight excluding hydrogens is 524 g/mol. The molecule has 0 N–H and O–H groups in total. The van der Waals surface area contributed by atoms with E-state index in [2.05, 4.69) is 155 Å². The Morgan fingerprint density at radius 1 is 0.442 bits per heavy atom. The van der Waals surface area contributed by atoms with E-state index >= 15 is 0 Å². The molecule has 0 spiro atoms. The number of hydrogen-bond donors (Lipinski definition) is 0. The van der Waals surface area contributed by atoms with Crippen molar-refractivity contribution in [3.8, 4) is 5.69 Å². The molecule has 9 aromatic rings. The van der Waals surface area contributed by atoms with Crippen molar-refractivity contribution in [3.05, 3.63) is 158 Å². The number of anilines is 3. The van der Waals surface area contributed by atoms with Crippen LogP contribution in [0.2, 0.25) is 0 Å². The first kappa shape index (κ1) is 23.9. The van der Waals surface area contributed by atoms with Crippen LogP contribution in [0, 0.1) is 0 Å². The summed E-state index contributed by atoms with van der Waals surface area (Å²) < 4.78 is 8.70. The van der Waals surface area contributed by atoms with Crippen LogP contribution in [0.1, 0.15) is 0 Å². The predicted octanol–water partition coefficient (Wildman–Crippen LogP) is 11.3. The van der Waals surface area contributed by atoms with Crippen molar-refractivity contribution in [2.45, 2.75) is 0 Å². The van der Waals surface area contributed by atoms with Crippen LogP contribution in [0.4, 0.5) is 17.1 Å². The second-order valence-electron chi connectivity index (χ2n) is 11.0. The summed E-state index contributed by atoms with van der Waals surface area (Å²) in [4.78, 5) is 2.38. The third-order valence-electron chi connectivity index (χ3n) is 8.54. The van der Waals surface area contributed by atoms with Crippen molar-refractivity contribution in [1.29, 1.82) is 0 Å². The van der Waals surface area contributed by atoms with Gasteiger partial charge in [-0.25, -0.2) is 0 Å². The Bertz CT molecular complexity index is 2470. The molecule has 0 radical (unpaired) electrons. The van der Waals surface area contributed by atoms with Gasteiger partial charge in [0.2, 0.25) is 0 Å². The lowest BCUT2D eigenvalue weighted by Gasteiger charge is -2.27. The van der Waals surface area contributed by atoms with Crippen LogP contribution in [-0.2, 0) is 0 Å². The van der Waals surface area contributed by atoms with Crippen molar-refractivity contribution in [3.63, 3.8) is 0 Å². The van der Waals surface area contributed by atoms with Crippen molar-refractivity contribution < 1.29 is 4.42 Å². The third-order valence-corrected chi connectivity index (χ3v) is 8.54. The molecule has 2 heterocycles. The number of furan rings is 1. The largest absolute Gasteiger partial charge is 0.456 e. The molecule has 3 heteroatoms. The van der Waals surface area contributed by atoms with Crippen LogP contribution >= 0.6 is 0 Å². The molecule has 7 aromatic carbocycles. The van der Waals surface area contributed by atoms with Gasteiger partial charge in [-0.1, -0.05) is 91.0 Å². The summed E-state index contributed by atoms with van der Waals surface area (Å²) in [6.07, 6.45) is 0. The molecule has 0 saturated heterocycles. The van der Waals surface area contributed by atoms with E-state index in [4.69, 9.17) is 4.42 Å². The summed E-state index contributed by atoms with van der Waals surface area (Å²) in [5.41, 5.74) is 8.59. The molecule has 43 heavy (non-hydrogen) atoms. The smallest absolute Gasteiger partial charge is 0.137 e. The van der Waals surface area contributed by atoms with Gasteiger partial charge in [0.25, 0.3) is 0 Å². The van der Waals surface area contributed by atoms with Gasteiger partial charge in [-0.15, -0.1) is 0 Å². The Labute approximate surface area is 248 Å². The second kappa shape index (κ2) is 9.37. The van der Waals surface area contributed by atoms with Crippen LogP contribution in [0.5, 0.6) is 0 Å². The fraction of sp³-hybridized carbons (Fsp3) is 0. The van der Waals surface area contributed by atoms with Crippen LogP contribution in [-0.4, -0.2) is 4.57 Å². The summed E-state index contributed by atoms with van der Waals surface area (Å²) >= 11 is 0. The lowest BCUT2D eigenvalue weighted by molar-refractivity contribution is 0.669. The Hall–Kier alpha value is -5.80. The first-order valence-electron chi connectivity index (χ1n) is 14.6. The van der Waals surface area contributed by atoms with Gasteiger partial charge >= 0.3 is 0 Å². The summed E-state index contributed by atoms with van der Waals surface area (Å²) in [5.74, 6) is 0.